The molecule has 1 aliphatic carbocycles. The Morgan fingerprint density at radius 3 is 2.74 bits per heavy atom. The lowest BCUT2D eigenvalue weighted by Gasteiger charge is -2.30. The lowest BCUT2D eigenvalue weighted by molar-refractivity contribution is -0.128. The van der Waals surface area contributed by atoms with Crippen molar-refractivity contribution in [3.63, 3.8) is 0 Å². The maximum atomic E-state index is 12.6. The second-order valence-corrected chi connectivity index (χ2v) is 8.95. The highest BCUT2D eigenvalue weighted by Crippen LogP contribution is 2.30. The van der Waals surface area contributed by atoms with Crippen LogP contribution in [0.2, 0.25) is 5.02 Å². The second-order valence-electron chi connectivity index (χ2n) is 8.52. The minimum absolute atomic E-state index is 0.0329. The van der Waals surface area contributed by atoms with Crippen molar-refractivity contribution in [1.82, 2.24) is 10.3 Å². The molecule has 2 N–H and O–H groups in total. The van der Waals surface area contributed by atoms with E-state index in [1.807, 2.05) is 6.07 Å². The molecule has 1 saturated carbocycles. The van der Waals surface area contributed by atoms with Crippen LogP contribution in [0.25, 0.3) is 0 Å². The zero-order valence-corrected chi connectivity index (χ0v) is 18.3. The van der Waals surface area contributed by atoms with E-state index < -0.39 is 12.2 Å². The van der Waals surface area contributed by atoms with Gasteiger partial charge in [-0.3, -0.25) is 9.78 Å². The van der Waals surface area contributed by atoms with Gasteiger partial charge in [0, 0.05) is 29.2 Å². The number of halogens is 1. The fraction of sp³-hybridized carbons (Fsp3) is 0.500. The first-order valence-electron chi connectivity index (χ1n) is 11.0. The molecule has 7 heteroatoms. The van der Waals surface area contributed by atoms with Crippen molar-refractivity contribution in [2.45, 2.75) is 63.2 Å². The van der Waals surface area contributed by atoms with Crippen molar-refractivity contribution < 1.29 is 19.4 Å². The summed E-state index contributed by atoms with van der Waals surface area (Å²) in [6, 6.07) is 9.26. The largest absolute Gasteiger partial charge is 0.491 e. The summed E-state index contributed by atoms with van der Waals surface area (Å²) in [5, 5.41) is 14.1. The molecule has 6 nitrogen and oxygen atoms in total. The monoisotopic (exact) mass is 444 g/mol. The first-order chi connectivity index (χ1) is 15.1. The number of aliphatic hydroxyl groups is 1. The molecule has 1 aliphatic heterocycles. The Bertz CT molecular complexity index is 843. The molecular weight excluding hydrogens is 416 g/mol. The van der Waals surface area contributed by atoms with E-state index in [0.29, 0.717) is 28.9 Å². The SMILES string of the molecule is O=C(NC1CCC(CCC(O)COc2ccc(Cl)cc2)CC1)C1Cc2ccncc2O1. The van der Waals surface area contributed by atoms with Crippen LogP contribution in [0.4, 0.5) is 0 Å². The van der Waals surface area contributed by atoms with Gasteiger partial charge in [0.05, 0.1) is 12.3 Å². The Labute approximate surface area is 187 Å². The highest BCUT2D eigenvalue weighted by atomic mass is 35.5. The van der Waals surface area contributed by atoms with E-state index in [1.165, 1.54) is 0 Å². The molecule has 0 spiro atoms. The predicted octanol–water partition coefficient (Wildman–Crippen LogP) is 3.93. The van der Waals surface area contributed by atoms with Crippen LogP contribution >= 0.6 is 11.6 Å². The number of aliphatic hydroxyl groups excluding tert-OH is 1. The number of carbonyl (C=O) groups is 1. The summed E-state index contributed by atoms with van der Waals surface area (Å²) in [4.78, 5) is 16.6. The highest BCUT2D eigenvalue weighted by molar-refractivity contribution is 6.30. The van der Waals surface area contributed by atoms with E-state index in [2.05, 4.69) is 10.3 Å². The van der Waals surface area contributed by atoms with E-state index in [0.717, 1.165) is 44.1 Å². The van der Waals surface area contributed by atoms with Gasteiger partial charge in [-0.05, 0) is 74.8 Å². The third kappa shape index (κ3) is 6.11. The summed E-state index contributed by atoms with van der Waals surface area (Å²) in [6.07, 6.45) is 8.82. The average molecular weight is 445 g/mol. The van der Waals surface area contributed by atoms with Crippen molar-refractivity contribution in [3.05, 3.63) is 53.3 Å². The Kier molecular flexibility index (Phi) is 7.30. The van der Waals surface area contributed by atoms with E-state index in [1.54, 1.807) is 36.7 Å². The molecule has 31 heavy (non-hydrogen) atoms. The number of ether oxygens (including phenoxy) is 2. The topological polar surface area (TPSA) is 80.7 Å². The quantitative estimate of drug-likeness (QED) is 0.644. The molecule has 2 unspecified atom stereocenters. The van der Waals surface area contributed by atoms with Gasteiger partial charge in [-0.1, -0.05) is 11.6 Å². The van der Waals surface area contributed by atoms with E-state index in [9.17, 15) is 9.90 Å². The van der Waals surface area contributed by atoms with Crippen molar-refractivity contribution in [2.75, 3.05) is 6.61 Å². The zero-order valence-electron chi connectivity index (χ0n) is 17.5. The number of pyridine rings is 1. The number of rotatable bonds is 8. The number of benzene rings is 1. The lowest BCUT2D eigenvalue weighted by atomic mass is 9.83. The summed E-state index contributed by atoms with van der Waals surface area (Å²) in [5.74, 6) is 1.97. The third-order valence-corrected chi connectivity index (χ3v) is 6.45. The van der Waals surface area contributed by atoms with Crippen molar-refractivity contribution in [3.8, 4) is 11.5 Å². The number of amides is 1. The predicted molar refractivity (Wildman–Crippen MR) is 118 cm³/mol. The first-order valence-corrected chi connectivity index (χ1v) is 11.4. The van der Waals surface area contributed by atoms with Crippen LogP contribution < -0.4 is 14.8 Å². The number of nitrogens with zero attached hydrogens (tertiary/aromatic N) is 1. The van der Waals surface area contributed by atoms with Gasteiger partial charge in [0.2, 0.25) is 0 Å². The van der Waals surface area contributed by atoms with Crippen LogP contribution in [0.5, 0.6) is 11.5 Å². The standard InChI is InChI=1S/C24H29ClN2O4/c25-18-4-9-21(10-5-18)30-15-20(28)8-3-16-1-6-19(7-2-16)27-24(29)22-13-17-11-12-26-14-23(17)31-22/h4-5,9-12,14,16,19-20,22,28H,1-3,6-8,13,15H2,(H,27,29). The number of fused-ring (bicyclic) bond motifs is 1. The lowest BCUT2D eigenvalue weighted by Crippen LogP contribution is -2.44. The van der Waals surface area contributed by atoms with Gasteiger partial charge in [0.15, 0.2) is 6.10 Å². The molecule has 2 aliphatic rings. The molecule has 0 radical (unpaired) electrons. The van der Waals surface area contributed by atoms with Crippen LogP contribution in [-0.4, -0.2) is 40.9 Å². The van der Waals surface area contributed by atoms with Crippen molar-refractivity contribution in [2.24, 2.45) is 5.92 Å². The maximum absolute atomic E-state index is 12.6. The minimum Gasteiger partial charge on any atom is -0.491 e. The van der Waals surface area contributed by atoms with Crippen LogP contribution in [0.15, 0.2) is 42.7 Å². The van der Waals surface area contributed by atoms with E-state index in [4.69, 9.17) is 21.1 Å². The van der Waals surface area contributed by atoms with Gasteiger partial charge in [-0.15, -0.1) is 0 Å². The van der Waals surface area contributed by atoms with Crippen molar-refractivity contribution >= 4 is 17.5 Å². The number of nitrogens with one attached hydrogen (secondary N) is 1. The van der Waals surface area contributed by atoms with Crippen LogP contribution in [0.1, 0.15) is 44.1 Å². The van der Waals surface area contributed by atoms with Gasteiger partial charge in [-0.2, -0.15) is 0 Å². The minimum atomic E-state index is -0.483. The molecule has 0 bridgehead atoms. The molecule has 0 saturated heterocycles. The summed E-state index contributed by atoms with van der Waals surface area (Å²) in [7, 11) is 0. The number of aromatic nitrogens is 1. The van der Waals surface area contributed by atoms with Crippen LogP contribution in [0, 0.1) is 5.92 Å². The molecule has 2 atom stereocenters. The molecule has 2 aromatic rings. The van der Waals surface area contributed by atoms with Crippen LogP contribution in [-0.2, 0) is 11.2 Å². The summed E-state index contributed by atoms with van der Waals surface area (Å²) in [5.41, 5.74) is 1.04. The molecule has 2 heterocycles. The normalized spacial score (nSPS) is 23.5. The van der Waals surface area contributed by atoms with Gasteiger partial charge in [-0.25, -0.2) is 0 Å². The Morgan fingerprint density at radius 1 is 1.23 bits per heavy atom. The summed E-state index contributed by atoms with van der Waals surface area (Å²) >= 11 is 5.86. The first kappa shape index (κ1) is 21.9. The molecule has 4 rings (SSSR count). The molecule has 1 aromatic carbocycles. The van der Waals surface area contributed by atoms with E-state index in [-0.39, 0.29) is 18.6 Å². The van der Waals surface area contributed by atoms with E-state index >= 15 is 0 Å². The van der Waals surface area contributed by atoms with Crippen molar-refractivity contribution in [1.29, 1.82) is 0 Å². The highest BCUT2D eigenvalue weighted by Gasteiger charge is 2.31. The zero-order chi connectivity index (χ0) is 21.6. The van der Waals surface area contributed by atoms with Gasteiger partial charge in [0.1, 0.15) is 18.1 Å². The number of carbonyl (C=O) groups excluding carboxylic acids is 1. The molecule has 1 amide bonds. The average Bonchev–Trinajstić information content (AvgIpc) is 3.23. The molecule has 1 fully saturated rings. The Balaban J connectivity index is 1.12. The van der Waals surface area contributed by atoms with Gasteiger partial charge < -0.3 is 19.9 Å². The fourth-order valence-electron chi connectivity index (χ4n) is 4.35. The Hall–Kier alpha value is -2.31. The van der Waals surface area contributed by atoms with Crippen LogP contribution in [0.3, 0.4) is 0 Å². The second kappa shape index (κ2) is 10.3. The molecule has 166 valence electrons. The molecule has 1 aromatic heterocycles. The molecular formula is C24H29ClN2O4. The Morgan fingerprint density at radius 2 is 2.00 bits per heavy atom. The van der Waals surface area contributed by atoms with Gasteiger partial charge in [0.25, 0.3) is 5.91 Å². The summed E-state index contributed by atoms with van der Waals surface area (Å²) < 4.78 is 11.4. The van der Waals surface area contributed by atoms with Gasteiger partial charge >= 0.3 is 0 Å². The number of hydrogen-bond acceptors (Lipinski definition) is 5. The maximum Gasteiger partial charge on any atom is 0.261 e. The smallest absolute Gasteiger partial charge is 0.261 e. The fourth-order valence-corrected chi connectivity index (χ4v) is 4.47. The number of hydrogen-bond donors (Lipinski definition) is 2. The third-order valence-electron chi connectivity index (χ3n) is 6.19. The summed E-state index contributed by atoms with van der Waals surface area (Å²) in [6.45, 7) is 0.284.